The van der Waals surface area contributed by atoms with Crippen molar-refractivity contribution in [3.63, 3.8) is 0 Å². The summed E-state index contributed by atoms with van der Waals surface area (Å²) >= 11 is 11.9. The number of nitrogens with one attached hydrogen (secondary N) is 1. The maximum Gasteiger partial charge on any atom is 0.273 e. The Labute approximate surface area is 226 Å². The van der Waals surface area contributed by atoms with Crippen molar-refractivity contribution in [2.24, 2.45) is 5.10 Å². The van der Waals surface area contributed by atoms with Crippen molar-refractivity contribution >= 4 is 51.0 Å². The molecule has 4 aromatic rings. The van der Waals surface area contributed by atoms with Crippen LogP contribution in [0.25, 0.3) is 0 Å². The number of hydrogen-bond donors (Lipinski definition) is 1. The number of sulfonamides is 1. The topological polar surface area (TPSA) is 78.8 Å². The van der Waals surface area contributed by atoms with Crippen LogP contribution in [0.5, 0.6) is 0 Å². The number of halogens is 2. The van der Waals surface area contributed by atoms with Gasteiger partial charge in [0.25, 0.3) is 15.9 Å². The van der Waals surface area contributed by atoms with Crippen molar-refractivity contribution in [3.05, 3.63) is 129 Å². The van der Waals surface area contributed by atoms with Crippen molar-refractivity contribution in [1.82, 2.24) is 5.43 Å². The molecule has 0 atom stereocenters. The van der Waals surface area contributed by atoms with E-state index in [1.165, 1.54) is 10.5 Å². The molecule has 0 spiro atoms. The van der Waals surface area contributed by atoms with Gasteiger partial charge in [0.2, 0.25) is 0 Å². The molecule has 0 saturated heterocycles. The molecule has 6 nitrogen and oxygen atoms in total. The van der Waals surface area contributed by atoms with E-state index in [0.717, 1.165) is 11.1 Å². The van der Waals surface area contributed by atoms with Gasteiger partial charge in [0.15, 0.2) is 0 Å². The Hall–Kier alpha value is -3.65. The van der Waals surface area contributed by atoms with Gasteiger partial charge in [-0.25, -0.2) is 13.8 Å². The Kier molecular flexibility index (Phi) is 8.28. The lowest BCUT2D eigenvalue weighted by Crippen LogP contribution is -2.33. The van der Waals surface area contributed by atoms with Gasteiger partial charge >= 0.3 is 0 Å². The first-order chi connectivity index (χ1) is 17.7. The van der Waals surface area contributed by atoms with Crippen molar-refractivity contribution in [2.45, 2.75) is 18.4 Å². The Balaban J connectivity index is 1.70. The van der Waals surface area contributed by atoms with Crippen LogP contribution in [0, 0.1) is 6.92 Å². The molecule has 0 bridgehead atoms. The summed E-state index contributed by atoms with van der Waals surface area (Å²) in [6, 6.07) is 26.9. The van der Waals surface area contributed by atoms with Crippen LogP contribution in [0.15, 0.2) is 107 Å². The van der Waals surface area contributed by atoms with Gasteiger partial charge in [-0.05, 0) is 66.6 Å². The highest BCUT2D eigenvalue weighted by molar-refractivity contribution is 7.92. The van der Waals surface area contributed by atoms with Gasteiger partial charge in [-0.2, -0.15) is 5.10 Å². The Bertz CT molecular complexity index is 1520. The van der Waals surface area contributed by atoms with Crippen molar-refractivity contribution < 1.29 is 13.2 Å². The van der Waals surface area contributed by atoms with Crippen LogP contribution >= 0.6 is 23.2 Å². The molecule has 188 valence electrons. The molecule has 0 aliphatic heterocycles. The molecule has 0 unspecified atom stereocenters. The minimum Gasteiger partial charge on any atom is -0.267 e. The van der Waals surface area contributed by atoms with E-state index in [0.29, 0.717) is 15.6 Å². The third kappa shape index (κ3) is 6.57. The van der Waals surface area contributed by atoms with Crippen LogP contribution < -0.4 is 9.73 Å². The van der Waals surface area contributed by atoms with E-state index in [4.69, 9.17) is 23.2 Å². The highest BCUT2D eigenvalue weighted by Crippen LogP contribution is 2.30. The van der Waals surface area contributed by atoms with Gasteiger partial charge in [0.05, 0.1) is 28.9 Å². The number of rotatable bonds is 8. The number of carbonyl (C=O) groups excluding carboxylic acids is 1. The number of amides is 1. The number of hydrogen-bond acceptors (Lipinski definition) is 4. The second-order valence-corrected chi connectivity index (χ2v) is 11.0. The summed E-state index contributed by atoms with van der Waals surface area (Å²) in [5.41, 5.74) is 5.24. The minimum absolute atomic E-state index is 0.00822. The number of nitrogens with zero attached hydrogens (tertiary/aromatic N) is 2. The maximum atomic E-state index is 13.8. The largest absolute Gasteiger partial charge is 0.273 e. The third-order valence-electron chi connectivity index (χ3n) is 5.52. The zero-order valence-electron chi connectivity index (χ0n) is 19.8. The molecule has 1 amide bonds. The zero-order valence-corrected chi connectivity index (χ0v) is 22.1. The number of anilines is 1. The van der Waals surface area contributed by atoms with E-state index < -0.39 is 15.9 Å². The molecule has 9 heteroatoms. The van der Waals surface area contributed by atoms with Crippen LogP contribution in [-0.2, 0) is 16.6 Å². The monoisotopic (exact) mass is 551 g/mol. The molecule has 4 aromatic carbocycles. The lowest BCUT2D eigenvalue weighted by atomic mass is 10.1. The summed E-state index contributed by atoms with van der Waals surface area (Å²) < 4.78 is 28.9. The van der Waals surface area contributed by atoms with E-state index in [2.05, 4.69) is 10.5 Å². The van der Waals surface area contributed by atoms with Crippen LogP contribution in [0.1, 0.15) is 27.0 Å². The fraction of sp³-hybridized carbons (Fsp3) is 0.0714. The van der Waals surface area contributed by atoms with Gasteiger partial charge < -0.3 is 0 Å². The van der Waals surface area contributed by atoms with Gasteiger partial charge in [-0.1, -0.05) is 77.3 Å². The second-order valence-electron chi connectivity index (χ2n) is 8.22. The molecular weight excluding hydrogens is 529 g/mol. The van der Waals surface area contributed by atoms with Crippen LogP contribution in [0.4, 0.5) is 5.69 Å². The van der Waals surface area contributed by atoms with E-state index in [1.807, 2.05) is 6.92 Å². The van der Waals surface area contributed by atoms with Crippen LogP contribution in [-0.4, -0.2) is 20.5 Å². The molecule has 0 aromatic heterocycles. The normalized spacial score (nSPS) is 11.4. The minimum atomic E-state index is -4.03. The lowest BCUT2D eigenvalue weighted by Gasteiger charge is -2.26. The summed E-state index contributed by atoms with van der Waals surface area (Å²) in [5.74, 6) is -0.555. The molecule has 1 N–H and O–H groups in total. The van der Waals surface area contributed by atoms with Gasteiger partial charge in [0.1, 0.15) is 0 Å². The lowest BCUT2D eigenvalue weighted by molar-refractivity contribution is 0.0955. The molecule has 0 aliphatic rings. The van der Waals surface area contributed by atoms with Crippen LogP contribution in [0.3, 0.4) is 0 Å². The van der Waals surface area contributed by atoms with Crippen molar-refractivity contribution in [3.8, 4) is 0 Å². The van der Waals surface area contributed by atoms with E-state index in [9.17, 15) is 13.2 Å². The molecule has 0 heterocycles. The Morgan fingerprint density at radius 3 is 2.11 bits per heavy atom. The summed E-state index contributed by atoms with van der Waals surface area (Å²) in [6.07, 6.45) is 1.48. The summed E-state index contributed by atoms with van der Waals surface area (Å²) in [4.78, 5) is 13.2. The van der Waals surface area contributed by atoms with Gasteiger partial charge in [-0.15, -0.1) is 0 Å². The summed E-state index contributed by atoms with van der Waals surface area (Å²) in [7, 11) is -4.03. The van der Waals surface area contributed by atoms with E-state index in [1.54, 1.807) is 97.1 Å². The molecule has 0 saturated carbocycles. The molecule has 0 fully saturated rings. The average Bonchev–Trinajstić information content (AvgIpc) is 2.89. The predicted octanol–water partition coefficient (Wildman–Crippen LogP) is 6.46. The Morgan fingerprint density at radius 2 is 1.46 bits per heavy atom. The zero-order chi connectivity index (χ0) is 26.4. The highest BCUT2D eigenvalue weighted by Gasteiger charge is 2.28. The molecule has 37 heavy (non-hydrogen) atoms. The molecule has 0 aliphatic carbocycles. The highest BCUT2D eigenvalue weighted by atomic mass is 35.5. The van der Waals surface area contributed by atoms with Gasteiger partial charge in [0, 0.05) is 10.0 Å². The summed E-state index contributed by atoms with van der Waals surface area (Å²) in [6.45, 7) is 1.87. The quantitative estimate of drug-likeness (QED) is 0.201. The smallest absolute Gasteiger partial charge is 0.267 e. The first kappa shape index (κ1) is 26.4. The SMILES string of the molecule is Cc1ccc(S(=O)(=O)N(Cc2ccc(Cl)cc2)c2ccccc2C(=O)N/N=C\c2ccc(Cl)cc2)cc1. The number of para-hydroxylation sites is 1. The number of aryl methyl sites for hydroxylation is 1. The first-order valence-corrected chi connectivity index (χ1v) is 13.5. The fourth-order valence-electron chi connectivity index (χ4n) is 3.55. The van der Waals surface area contributed by atoms with E-state index >= 15 is 0 Å². The van der Waals surface area contributed by atoms with E-state index in [-0.39, 0.29) is 22.7 Å². The second kappa shape index (κ2) is 11.6. The molecule has 4 rings (SSSR count). The van der Waals surface area contributed by atoms with Crippen molar-refractivity contribution in [2.75, 3.05) is 4.31 Å². The summed E-state index contributed by atoms with van der Waals surface area (Å²) in [5, 5.41) is 5.15. The standard InChI is InChI=1S/C28H23Cl2N3O3S/c1-20-6-16-25(17-7-20)37(35,36)33(19-22-10-14-24(30)15-11-22)27-5-3-2-4-26(27)28(34)32-31-18-21-8-12-23(29)13-9-21/h2-18H,19H2,1H3,(H,32,34)/b31-18-. The first-order valence-electron chi connectivity index (χ1n) is 11.3. The third-order valence-corrected chi connectivity index (χ3v) is 7.79. The average molecular weight is 552 g/mol. The number of carbonyl (C=O) groups is 1. The number of hydrazone groups is 1. The molecule has 0 radical (unpaired) electrons. The van der Waals surface area contributed by atoms with Gasteiger partial charge in [-0.3, -0.25) is 9.10 Å². The molecular formula is C28H23Cl2N3O3S. The Morgan fingerprint density at radius 1 is 0.865 bits per heavy atom. The fourth-order valence-corrected chi connectivity index (χ4v) is 5.27. The van der Waals surface area contributed by atoms with Crippen molar-refractivity contribution in [1.29, 1.82) is 0 Å². The van der Waals surface area contributed by atoms with Crippen LogP contribution in [0.2, 0.25) is 10.0 Å². The predicted molar refractivity (Wildman–Crippen MR) is 149 cm³/mol. The maximum absolute atomic E-state index is 13.8. The number of benzene rings is 4.